The van der Waals surface area contributed by atoms with Gasteiger partial charge in [0.15, 0.2) is 0 Å². The van der Waals surface area contributed by atoms with Crippen molar-refractivity contribution in [1.82, 2.24) is 9.88 Å². The van der Waals surface area contributed by atoms with Crippen LogP contribution in [0.5, 0.6) is 11.5 Å². The summed E-state index contributed by atoms with van der Waals surface area (Å²) >= 11 is 0. The molecule has 2 aromatic rings. The molecule has 1 saturated heterocycles. The molecule has 1 fully saturated rings. The molecule has 2 aliphatic heterocycles. The van der Waals surface area contributed by atoms with Crippen LogP contribution in [0.2, 0.25) is 0 Å². The van der Waals surface area contributed by atoms with E-state index in [0.29, 0.717) is 6.54 Å². The molecule has 1 atom stereocenters. The van der Waals surface area contributed by atoms with E-state index in [1.54, 1.807) is 18.3 Å². The molecular weight excluding hydrogens is 276 g/mol. The number of hydrogen-bond donors (Lipinski definition) is 1. The van der Waals surface area contributed by atoms with Crippen molar-refractivity contribution in [3.05, 3.63) is 53.9 Å². The molecule has 1 unspecified atom stereocenters. The van der Waals surface area contributed by atoms with Gasteiger partial charge in [0.05, 0.1) is 5.69 Å². The van der Waals surface area contributed by atoms with Crippen LogP contribution in [0.1, 0.15) is 24.1 Å². The highest BCUT2D eigenvalue weighted by Crippen LogP contribution is 2.39. The van der Waals surface area contributed by atoms with Crippen LogP contribution in [0.3, 0.4) is 0 Å². The molecule has 4 nitrogen and oxygen atoms in total. The van der Waals surface area contributed by atoms with Gasteiger partial charge in [-0.15, -0.1) is 0 Å². The Labute approximate surface area is 130 Å². The predicted octanol–water partition coefficient (Wildman–Crippen LogP) is 2.76. The van der Waals surface area contributed by atoms with Gasteiger partial charge in [-0.3, -0.25) is 9.88 Å². The van der Waals surface area contributed by atoms with Crippen LogP contribution >= 0.6 is 0 Å². The van der Waals surface area contributed by atoms with Gasteiger partial charge >= 0.3 is 0 Å². The first kappa shape index (κ1) is 13.6. The molecule has 4 heteroatoms. The number of likely N-dealkylation sites (tertiary alicyclic amines) is 1. The molecule has 114 valence electrons. The normalized spacial score (nSPS) is 24.2. The van der Waals surface area contributed by atoms with Gasteiger partial charge in [0.2, 0.25) is 0 Å². The summed E-state index contributed by atoms with van der Waals surface area (Å²) in [4.78, 5) is 6.61. The van der Waals surface area contributed by atoms with Crippen LogP contribution in [-0.4, -0.2) is 33.7 Å². The number of aryl methyl sites for hydroxylation is 1. The van der Waals surface area contributed by atoms with Gasteiger partial charge in [-0.05, 0) is 36.6 Å². The zero-order valence-corrected chi connectivity index (χ0v) is 12.5. The van der Waals surface area contributed by atoms with Crippen LogP contribution in [0, 0.1) is 0 Å². The number of benzene rings is 1. The summed E-state index contributed by atoms with van der Waals surface area (Å²) in [6.07, 6.45) is 4.91. The standard InChI is InChI=1S/C18H20N2O2/c21-16-5-3-10-19-15(16)12-20-11-9-18(13-20)8-7-14-4-1-2-6-17(14)22-18/h1-6,10,21H,7-9,11-13H2. The van der Waals surface area contributed by atoms with E-state index < -0.39 is 0 Å². The predicted molar refractivity (Wildman–Crippen MR) is 83.9 cm³/mol. The molecule has 3 heterocycles. The molecule has 2 aliphatic rings. The number of hydrogen-bond acceptors (Lipinski definition) is 4. The van der Waals surface area contributed by atoms with E-state index in [9.17, 15) is 5.11 Å². The first-order chi connectivity index (χ1) is 10.7. The second-order valence-corrected chi connectivity index (χ2v) is 6.32. The van der Waals surface area contributed by atoms with Crippen molar-refractivity contribution in [2.45, 2.75) is 31.4 Å². The molecule has 0 amide bonds. The lowest BCUT2D eigenvalue weighted by molar-refractivity contribution is 0.0535. The largest absolute Gasteiger partial charge is 0.506 e. The Kier molecular flexibility index (Phi) is 3.26. The lowest BCUT2D eigenvalue weighted by Crippen LogP contribution is -2.42. The van der Waals surface area contributed by atoms with Crippen molar-refractivity contribution >= 4 is 0 Å². The Morgan fingerprint density at radius 2 is 2.09 bits per heavy atom. The van der Waals surface area contributed by atoms with Crippen molar-refractivity contribution < 1.29 is 9.84 Å². The monoisotopic (exact) mass is 296 g/mol. The van der Waals surface area contributed by atoms with Gasteiger partial charge in [0.1, 0.15) is 17.1 Å². The average molecular weight is 296 g/mol. The zero-order valence-electron chi connectivity index (χ0n) is 12.5. The van der Waals surface area contributed by atoms with E-state index in [4.69, 9.17) is 4.74 Å². The Bertz CT molecular complexity index is 688. The molecule has 1 aromatic heterocycles. The van der Waals surface area contributed by atoms with Crippen molar-refractivity contribution in [2.24, 2.45) is 0 Å². The number of aromatic hydroxyl groups is 1. The second-order valence-electron chi connectivity index (χ2n) is 6.32. The first-order valence-electron chi connectivity index (χ1n) is 7.86. The quantitative estimate of drug-likeness (QED) is 0.925. The van der Waals surface area contributed by atoms with Crippen molar-refractivity contribution in [1.29, 1.82) is 0 Å². The lowest BCUT2D eigenvalue weighted by Gasteiger charge is -2.35. The maximum atomic E-state index is 9.88. The van der Waals surface area contributed by atoms with E-state index in [0.717, 1.165) is 43.8 Å². The molecule has 4 rings (SSSR count). The van der Waals surface area contributed by atoms with Gasteiger partial charge in [-0.25, -0.2) is 0 Å². The first-order valence-corrected chi connectivity index (χ1v) is 7.86. The molecular formula is C18H20N2O2. The lowest BCUT2D eigenvalue weighted by atomic mass is 9.90. The molecule has 0 radical (unpaired) electrons. The van der Waals surface area contributed by atoms with Crippen LogP contribution in [0.15, 0.2) is 42.6 Å². The minimum Gasteiger partial charge on any atom is -0.506 e. The third-order valence-electron chi connectivity index (χ3n) is 4.78. The van der Waals surface area contributed by atoms with Crippen molar-refractivity contribution in [3.8, 4) is 11.5 Å². The highest BCUT2D eigenvalue weighted by atomic mass is 16.5. The maximum absolute atomic E-state index is 9.88. The van der Waals surface area contributed by atoms with E-state index >= 15 is 0 Å². The average Bonchev–Trinajstić information content (AvgIpc) is 2.92. The highest BCUT2D eigenvalue weighted by molar-refractivity contribution is 5.36. The van der Waals surface area contributed by atoms with Crippen LogP contribution < -0.4 is 4.74 Å². The summed E-state index contributed by atoms with van der Waals surface area (Å²) in [6.45, 7) is 2.56. The molecule has 0 aliphatic carbocycles. The number of para-hydroxylation sites is 1. The van der Waals surface area contributed by atoms with Crippen LogP contribution in [0.25, 0.3) is 0 Å². The minimum atomic E-state index is -0.0707. The summed E-state index contributed by atoms with van der Waals surface area (Å²) in [6, 6.07) is 11.8. The number of nitrogens with zero attached hydrogens (tertiary/aromatic N) is 2. The van der Waals surface area contributed by atoms with E-state index in [1.807, 2.05) is 6.07 Å². The molecule has 0 saturated carbocycles. The van der Waals surface area contributed by atoms with E-state index in [1.165, 1.54) is 5.56 Å². The molecule has 1 spiro atoms. The van der Waals surface area contributed by atoms with E-state index in [-0.39, 0.29) is 11.4 Å². The number of pyridine rings is 1. The fourth-order valence-corrected chi connectivity index (χ4v) is 3.57. The fraction of sp³-hybridized carbons (Fsp3) is 0.389. The number of ether oxygens (including phenoxy) is 1. The Morgan fingerprint density at radius 1 is 1.18 bits per heavy atom. The highest BCUT2D eigenvalue weighted by Gasteiger charge is 2.42. The summed E-state index contributed by atoms with van der Waals surface area (Å²) in [5, 5.41) is 9.88. The van der Waals surface area contributed by atoms with Crippen LogP contribution in [0.4, 0.5) is 0 Å². The molecule has 1 aromatic carbocycles. The third kappa shape index (κ3) is 2.44. The third-order valence-corrected chi connectivity index (χ3v) is 4.78. The molecule has 1 N–H and O–H groups in total. The number of aromatic nitrogens is 1. The summed E-state index contributed by atoms with van der Waals surface area (Å²) in [5.41, 5.74) is 1.99. The molecule has 0 bridgehead atoms. The summed E-state index contributed by atoms with van der Waals surface area (Å²) in [5.74, 6) is 1.31. The van der Waals surface area contributed by atoms with E-state index in [2.05, 4.69) is 28.1 Å². The number of fused-ring (bicyclic) bond motifs is 1. The number of rotatable bonds is 2. The summed E-state index contributed by atoms with van der Waals surface area (Å²) < 4.78 is 6.35. The molecule has 22 heavy (non-hydrogen) atoms. The van der Waals surface area contributed by atoms with Gasteiger partial charge in [0.25, 0.3) is 0 Å². The van der Waals surface area contributed by atoms with Crippen molar-refractivity contribution in [2.75, 3.05) is 13.1 Å². The Morgan fingerprint density at radius 3 is 3.00 bits per heavy atom. The zero-order chi connectivity index (χ0) is 15.0. The van der Waals surface area contributed by atoms with Gasteiger partial charge in [0, 0.05) is 32.3 Å². The van der Waals surface area contributed by atoms with Crippen LogP contribution in [-0.2, 0) is 13.0 Å². The summed E-state index contributed by atoms with van der Waals surface area (Å²) in [7, 11) is 0. The second kappa shape index (κ2) is 5.29. The minimum absolute atomic E-state index is 0.0707. The smallest absolute Gasteiger partial charge is 0.138 e. The van der Waals surface area contributed by atoms with Gasteiger partial charge in [-0.2, -0.15) is 0 Å². The topological polar surface area (TPSA) is 45.6 Å². The van der Waals surface area contributed by atoms with Gasteiger partial charge in [-0.1, -0.05) is 18.2 Å². The van der Waals surface area contributed by atoms with Crippen molar-refractivity contribution in [3.63, 3.8) is 0 Å². The maximum Gasteiger partial charge on any atom is 0.138 e. The Balaban J connectivity index is 1.48. The Hall–Kier alpha value is -2.07. The fourth-order valence-electron chi connectivity index (χ4n) is 3.57. The van der Waals surface area contributed by atoms with Gasteiger partial charge < -0.3 is 9.84 Å². The SMILES string of the molecule is Oc1cccnc1CN1CCC2(CCc3ccccc3O2)C1.